The minimum Gasteiger partial charge on any atom is -0.207 e. The summed E-state index contributed by atoms with van der Waals surface area (Å²) < 4.78 is 28.2. The van der Waals surface area contributed by atoms with Crippen LogP contribution in [0.25, 0.3) is 0 Å². The van der Waals surface area contributed by atoms with Gasteiger partial charge in [0.05, 0.1) is 0 Å². The van der Waals surface area contributed by atoms with Crippen molar-refractivity contribution in [3.63, 3.8) is 0 Å². The first-order valence-electron chi connectivity index (χ1n) is 27.5. The molecular formula is C59H96F2. The second-order valence-electron chi connectivity index (χ2n) is 21.4. The zero-order valence-corrected chi connectivity index (χ0v) is 40.2. The first-order chi connectivity index (χ1) is 30.1. The zero-order chi connectivity index (χ0) is 42.7. The second kappa shape index (κ2) is 30.4. The molecule has 6 rings (SSSR count). The fourth-order valence-electron chi connectivity index (χ4n) is 13.0. The lowest BCUT2D eigenvalue weighted by Crippen LogP contribution is -2.25. The summed E-state index contributed by atoms with van der Waals surface area (Å²) in [6.07, 6.45) is 52.4. The van der Waals surface area contributed by atoms with E-state index in [0.29, 0.717) is 11.8 Å². The molecule has 2 heteroatoms. The summed E-state index contributed by atoms with van der Waals surface area (Å²) in [6.45, 7) is 4.60. The minimum absolute atomic E-state index is 0.0120. The summed E-state index contributed by atoms with van der Waals surface area (Å²) in [5.41, 5.74) is 1.95. The second-order valence-corrected chi connectivity index (χ2v) is 21.4. The van der Waals surface area contributed by atoms with E-state index in [-0.39, 0.29) is 11.6 Å². The molecule has 0 aromatic heterocycles. The van der Waals surface area contributed by atoms with Crippen molar-refractivity contribution in [3.05, 3.63) is 71.3 Å². The van der Waals surface area contributed by atoms with Gasteiger partial charge in [0.2, 0.25) is 0 Å². The average molecular weight is 843 g/mol. The first kappa shape index (κ1) is 50.3. The molecule has 0 heterocycles. The molecule has 0 bridgehead atoms. The van der Waals surface area contributed by atoms with Crippen molar-refractivity contribution in [1.82, 2.24) is 0 Å². The molecule has 0 radical (unpaired) electrons. The Kier molecular flexibility index (Phi) is 25.1. The number of benzene rings is 2. The molecule has 0 spiro atoms. The van der Waals surface area contributed by atoms with Crippen LogP contribution in [-0.2, 0) is 0 Å². The van der Waals surface area contributed by atoms with E-state index in [1.807, 2.05) is 36.4 Å². The lowest BCUT2D eigenvalue weighted by atomic mass is 9.68. The smallest absolute Gasteiger partial charge is 0.126 e. The Morgan fingerprint density at radius 1 is 0.328 bits per heavy atom. The third-order valence-electron chi connectivity index (χ3n) is 17.0. The maximum absolute atomic E-state index is 14.1. The molecule has 0 atom stereocenters. The highest BCUT2D eigenvalue weighted by Gasteiger charge is 2.33. The van der Waals surface area contributed by atoms with E-state index in [9.17, 15) is 8.78 Å². The van der Waals surface area contributed by atoms with Crippen LogP contribution in [0.4, 0.5) is 8.78 Å². The summed E-state index contributed by atoms with van der Waals surface area (Å²) in [7, 11) is 0. The molecule has 2 aromatic carbocycles. The molecule has 4 aliphatic rings. The van der Waals surface area contributed by atoms with Gasteiger partial charge >= 0.3 is 0 Å². The lowest BCUT2D eigenvalue weighted by Gasteiger charge is -2.38. The normalized spacial score (nSPS) is 27.0. The largest absolute Gasteiger partial charge is 0.207 e. The van der Waals surface area contributed by atoms with Gasteiger partial charge in [0.1, 0.15) is 11.6 Å². The molecule has 4 aliphatic carbocycles. The van der Waals surface area contributed by atoms with Crippen molar-refractivity contribution >= 4 is 0 Å². The number of rotatable bonds is 25. The minimum atomic E-state index is 0.0120. The summed E-state index contributed by atoms with van der Waals surface area (Å²) in [4.78, 5) is 0. The van der Waals surface area contributed by atoms with Gasteiger partial charge in [-0.25, -0.2) is 8.78 Å². The Labute approximate surface area is 377 Å². The Morgan fingerprint density at radius 3 is 0.885 bits per heavy atom. The van der Waals surface area contributed by atoms with E-state index in [2.05, 4.69) is 13.8 Å². The highest BCUT2D eigenvalue weighted by Crippen LogP contribution is 2.46. The molecule has 0 amide bonds. The zero-order valence-electron chi connectivity index (χ0n) is 40.2. The predicted octanol–water partition coefficient (Wildman–Crippen LogP) is 20.0. The highest BCUT2D eigenvalue weighted by molar-refractivity contribution is 5.23. The van der Waals surface area contributed by atoms with Gasteiger partial charge in [0, 0.05) is 0 Å². The fourth-order valence-corrected chi connectivity index (χ4v) is 13.0. The van der Waals surface area contributed by atoms with Crippen molar-refractivity contribution in [1.29, 1.82) is 0 Å². The van der Waals surface area contributed by atoms with Crippen LogP contribution in [0.1, 0.15) is 274 Å². The fraction of sp³-hybridized carbons (Fsp3) is 0.797. The Bertz CT molecular complexity index is 1350. The van der Waals surface area contributed by atoms with Gasteiger partial charge in [0.15, 0.2) is 0 Å². The van der Waals surface area contributed by atoms with Gasteiger partial charge in [-0.15, -0.1) is 0 Å². The van der Waals surface area contributed by atoms with Crippen LogP contribution in [0.5, 0.6) is 0 Å². The molecule has 2 aromatic rings. The third kappa shape index (κ3) is 18.7. The van der Waals surface area contributed by atoms with Gasteiger partial charge in [-0.2, -0.15) is 0 Å². The van der Waals surface area contributed by atoms with Gasteiger partial charge < -0.3 is 0 Å². The van der Waals surface area contributed by atoms with E-state index >= 15 is 0 Å². The molecule has 4 saturated carbocycles. The van der Waals surface area contributed by atoms with Gasteiger partial charge in [-0.05, 0) is 148 Å². The van der Waals surface area contributed by atoms with Crippen LogP contribution >= 0.6 is 0 Å². The Morgan fingerprint density at radius 2 is 0.590 bits per heavy atom. The van der Waals surface area contributed by atoms with E-state index in [1.54, 1.807) is 12.1 Å². The van der Waals surface area contributed by atoms with Crippen molar-refractivity contribution < 1.29 is 8.78 Å². The van der Waals surface area contributed by atoms with Crippen molar-refractivity contribution in [2.75, 3.05) is 0 Å². The molecule has 0 N–H and O–H groups in total. The van der Waals surface area contributed by atoms with Crippen LogP contribution < -0.4 is 0 Å². The summed E-state index contributed by atoms with van der Waals surface area (Å²) in [5.74, 6) is 6.74. The van der Waals surface area contributed by atoms with Crippen molar-refractivity contribution in [2.45, 2.75) is 263 Å². The van der Waals surface area contributed by atoms with Crippen LogP contribution in [0.3, 0.4) is 0 Å². The summed E-state index contributed by atoms with van der Waals surface area (Å²) >= 11 is 0. The molecule has 0 saturated heterocycles. The van der Waals surface area contributed by atoms with Crippen molar-refractivity contribution in [2.24, 2.45) is 35.5 Å². The maximum Gasteiger partial charge on any atom is 0.126 e. The Hall–Kier alpha value is -1.70. The van der Waals surface area contributed by atoms with E-state index < -0.39 is 0 Å². The topological polar surface area (TPSA) is 0 Å². The highest BCUT2D eigenvalue weighted by atomic mass is 19.1. The van der Waals surface area contributed by atoms with Gasteiger partial charge in [-0.1, -0.05) is 211 Å². The number of halogens is 2. The summed E-state index contributed by atoms with van der Waals surface area (Å²) in [6, 6.07) is 14.9. The molecule has 0 aliphatic heterocycles. The summed E-state index contributed by atoms with van der Waals surface area (Å²) in [5, 5.41) is 0. The maximum atomic E-state index is 14.1. The Balaban J connectivity index is 0.000000231. The number of hydrogen-bond donors (Lipinski definition) is 0. The van der Waals surface area contributed by atoms with Gasteiger partial charge in [0.25, 0.3) is 0 Å². The van der Waals surface area contributed by atoms with Crippen LogP contribution in [0.15, 0.2) is 48.5 Å². The molecular weight excluding hydrogens is 747 g/mol. The average Bonchev–Trinajstić information content (AvgIpc) is 3.30. The molecule has 4 fully saturated rings. The third-order valence-corrected chi connectivity index (χ3v) is 17.0. The van der Waals surface area contributed by atoms with Crippen LogP contribution in [0.2, 0.25) is 0 Å². The lowest BCUT2D eigenvalue weighted by molar-refractivity contribution is 0.155. The predicted molar refractivity (Wildman–Crippen MR) is 261 cm³/mol. The van der Waals surface area contributed by atoms with E-state index in [4.69, 9.17) is 0 Å². The number of unbranched alkanes of at least 4 members (excludes halogenated alkanes) is 17. The quantitative estimate of drug-likeness (QED) is 0.0874. The van der Waals surface area contributed by atoms with Crippen LogP contribution in [0, 0.1) is 47.1 Å². The number of hydrogen-bond acceptors (Lipinski definition) is 0. The molecule has 0 nitrogen and oxygen atoms in total. The van der Waals surface area contributed by atoms with Crippen molar-refractivity contribution in [3.8, 4) is 0 Å². The SMILES string of the molecule is CCCCCCCCCCCC1CCC(C2CCC(c3ccccc3F)CC2)CC1.CCCCCCCCCCCCC1CCC(C2CCC(c3ccccc3F)CC2)CC1. The van der Waals surface area contributed by atoms with Gasteiger partial charge in [-0.3, -0.25) is 0 Å². The van der Waals surface area contributed by atoms with E-state index in [1.165, 1.54) is 238 Å². The molecule has 346 valence electrons. The van der Waals surface area contributed by atoms with E-state index in [0.717, 1.165) is 46.6 Å². The molecule has 61 heavy (non-hydrogen) atoms. The monoisotopic (exact) mass is 843 g/mol. The van der Waals surface area contributed by atoms with Crippen LogP contribution in [-0.4, -0.2) is 0 Å². The standard InChI is InChI=1S/C30H49F.C29H47F/c1-2-3-4-5-6-7-8-9-10-11-14-25-17-19-26(20-18-25)27-21-23-28(24-22-27)29-15-12-13-16-30(29)31;1-2-3-4-5-6-7-8-9-10-13-24-16-18-25(19-17-24)26-20-22-27(23-21-26)28-14-11-12-15-29(28)30/h12-13,15-16,25-28H,2-11,14,17-24H2,1H3;11-12,14-15,24-27H,2-10,13,16-23H2,1H3. The molecule has 0 unspecified atom stereocenters. The first-order valence-corrected chi connectivity index (χ1v) is 27.5.